The minimum Gasteiger partial charge on any atom is -0.497 e. The smallest absolute Gasteiger partial charge is 0.136 e. The fourth-order valence-electron chi connectivity index (χ4n) is 1.88. The van der Waals surface area contributed by atoms with Gasteiger partial charge in [-0.15, -0.1) is 11.3 Å². The van der Waals surface area contributed by atoms with Gasteiger partial charge in [-0.3, -0.25) is 0 Å². The standard InChI is InChI=1S/C16H12ClNOS/c1-19-12-8-6-11(7-9-12)10-13(17)16-18-14-4-2-3-5-15(14)20-16/h2-10H,1H3/b13-10-. The van der Waals surface area contributed by atoms with Crippen molar-refractivity contribution in [3.8, 4) is 5.75 Å². The Morgan fingerprint density at radius 3 is 2.60 bits per heavy atom. The van der Waals surface area contributed by atoms with Crippen LogP contribution in [0.15, 0.2) is 48.5 Å². The predicted octanol–water partition coefficient (Wildman–Crippen LogP) is 5.04. The van der Waals surface area contributed by atoms with Crippen LogP contribution >= 0.6 is 22.9 Å². The molecule has 0 aliphatic heterocycles. The zero-order valence-corrected chi connectivity index (χ0v) is 12.4. The van der Waals surface area contributed by atoms with Gasteiger partial charge < -0.3 is 4.74 Å². The summed E-state index contributed by atoms with van der Waals surface area (Å²) in [6, 6.07) is 15.8. The van der Waals surface area contributed by atoms with Crippen molar-refractivity contribution < 1.29 is 4.74 Å². The van der Waals surface area contributed by atoms with Crippen LogP contribution in [0.3, 0.4) is 0 Å². The van der Waals surface area contributed by atoms with Gasteiger partial charge in [0.1, 0.15) is 10.8 Å². The highest BCUT2D eigenvalue weighted by Crippen LogP contribution is 2.30. The molecule has 4 heteroatoms. The van der Waals surface area contributed by atoms with Gasteiger partial charge in [0.2, 0.25) is 0 Å². The van der Waals surface area contributed by atoms with Crippen LogP contribution < -0.4 is 4.74 Å². The van der Waals surface area contributed by atoms with Gasteiger partial charge in [0.15, 0.2) is 0 Å². The van der Waals surface area contributed by atoms with E-state index in [9.17, 15) is 0 Å². The molecule has 20 heavy (non-hydrogen) atoms. The van der Waals surface area contributed by atoms with Gasteiger partial charge in [-0.2, -0.15) is 0 Å². The molecular formula is C16H12ClNOS. The number of fused-ring (bicyclic) bond motifs is 1. The van der Waals surface area contributed by atoms with Crippen LogP contribution in [0.5, 0.6) is 5.75 Å². The number of thiazole rings is 1. The van der Waals surface area contributed by atoms with Crippen molar-refractivity contribution in [1.29, 1.82) is 0 Å². The van der Waals surface area contributed by atoms with Gasteiger partial charge in [0.05, 0.1) is 22.4 Å². The van der Waals surface area contributed by atoms with Crippen LogP contribution in [0.2, 0.25) is 0 Å². The zero-order valence-electron chi connectivity index (χ0n) is 10.8. The summed E-state index contributed by atoms with van der Waals surface area (Å²) in [7, 11) is 1.65. The van der Waals surface area contributed by atoms with Gasteiger partial charge in [-0.1, -0.05) is 35.9 Å². The minimum atomic E-state index is 0.649. The van der Waals surface area contributed by atoms with Crippen molar-refractivity contribution in [3.05, 3.63) is 59.1 Å². The number of benzene rings is 2. The minimum absolute atomic E-state index is 0.649. The summed E-state index contributed by atoms with van der Waals surface area (Å²) in [4.78, 5) is 4.54. The van der Waals surface area contributed by atoms with Crippen LogP contribution in [0, 0.1) is 0 Å². The lowest BCUT2D eigenvalue weighted by Gasteiger charge is -1.99. The molecule has 0 saturated heterocycles. The van der Waals surface area contributed by atoms with Crippen LogP contribution in [0.4, 0.5) is 0 Å². The summed E-state index contributed by atoms with van der Waals surface area (Å²) in [6.07, 6.45) is 1.92. The second-order valence-corrected chi connectivity index (χ2v) is 5.69. The molecule has 0 spiro atoms. The monoisotopic (exact) mass is 301 g/mol. The van der Waals surface area contributed by atoms with E-state index >= 15 is 0 Å². The Bertz CT molecular complexity index is 729. The van der Waals surface area contributed by atoms with Crippen molar-refractivity contribution >= 4 is 44.3 Å². The van der Waals surface area contributed by atoms with Crippen molar-refractivity contribution in [2.24, 2.45) is 0 Å². The Hall–Kier alpha value is -1.84. The summed E-state index contributed by atoms with van der Waals surface area (Å²) in [5.41, 5.74) is 2.00. The first kappa shape index (κ1) is 13.2. The molecule has 0 bridgehead atoms. The van der Waals surface area contributed by atoms with Crippen molar-refractivity contribution in [3.63, 3.8) is 0 Å². The molecule has 0 aliphatic carbocycles. The Kier molecular flexibility index (Phi) is 3.72. The van der Waals surface area contributed by atoms with Crippen LogP contribution in [-0.4, -0.2) is 12.1 Å². The van der Waals surface area contributed by atoms with Gasteiger partial charge >= 0.3 is 0 Å². The molecule has 0 atom stereocenters. The van der Waals surface area contributed by atoms with E-state index in [0.717, 1.165) is 26.5 Å². The maximum Gasteiger partial charge on any atom is 0.136 e. The average Bonchev–Trinajstić information content (AvgIpc) is 2.92. The number of aromatic nitrogens is 1. The van der Waals surface area contributed by atoms with Crippen molar-refractivity contribution in [2.45, 2.75) is 0 Å². The summed E-state index contributed by atoms with van der Waals surface area (Å²) >= 11 is 7.96. The highest BCUT2D eigenvalue weighted by atomic mass is 35.5. The molecule has 3 rings (SSSR count). The Morgan fingerprint density at radius 1 is 1.15 bits per heavy atom. The quantitative estimate of drug-likeness (QED) is 0.676. The number of halogens is 1. The van der Waals surface area contributed by atoms with E-state index in [1.165, 1.54) is 0 Å². The summed E-state index contributed by atoms with van der Waals surface area (Å²) in [5, 5.41) is 1.49. The molecule has 1 aromatic heterocycles. The van der Waals surface area contributed by atoms with Crippen molar-refractivity contribution in [2.75, 3.05) is 7.11 Å². The number of ether oxygens (including phenoxy) is 1. The van der Waals surface area contributed by atoms with Gasteiger partial charge in [0.25, 0.3) is 0 Å². The van der Waals surface area contributed by atoms with E-state index in [1.807, 2.05) is 54.6 Å². The van der Waals surface area contributed by atoms with Crippen LogP contribution in [0.25, 0.3) is 21.3 Å². The lowest BCUT2D eigenvalue weighted by atomic mass is 10.2. The Labute approximate surface area is 126 Å². The fourth-order valence-corrected chi connectivity index (χ4v) is 3.04. The zero-order chi connectivity index (χ0) is 13.9. The molecule has 2 aromatic carbocycles. The highest BCUT2D eigenvalue weighted by molar-refractivity contribution is 7.20. The molecule has 1 heterocycles. The highest BCUT2D eigenvalue weighted by Gasteiger charge is 2.06. The van der Waals surface area contributed by atoms with E-state index in [2.05, 4.69) is 4.98 Å². The molecule has 100 valence electrons. The number of hydrogen-bond donors (Lipinski definition) is 0. The van der Waals surface area contributed by atoms with Gasteiger partial charge in [0, 0.05) is 0 Å². The molecule has 0 amide bonds. The van der Waals surface area contributed by atoms with Crippen molar-refractivity contribution in [1.82, 2.24) is 4.98 Å². The third-order valence-electron chi connectivity index (χ3n) is 2.91. The van der Waals surface area contributed by atoms with Gasteiger partial charge in [-0.25, -0.2) is 4.98 Å². The molecule has 3 aromatic rings. The lowest BCUT2D eigenvalue weighted by Crippen LogP contribution is -1.82. The van der Waals surface area contributed by atoms with E-state index in [-0.39, 0.29) is 0 Å². The maximum absolute atomic E-state index is 6.36. The number of methoxy groups -OCH3 is 1. The molecular weight excluding hydrogens is 290 g/mol. The molecule has 2 nitrogen and oxygen atoms in total. The lowest BCUT2D eigenvalue weighted by molar-refractivity contribution is 0.415. The molecule has 0 fully saturated rings. The second-order valence-electron chi connectivity index (χ2n) is 4.25. The Balaban J connectivity index is 1.93. The molecule has 0 N–H and O–H groups in total. The third-order valence-corrected chi connectivity index (χ3v) is 4.38. The molecule has 0 aliphatic rings. The SMILES string of the molecule is COc1ccc(/C=C(\Cl)c2nc3ccccc3s2)cc1. The summed E-state index contributed by atoms with van der Waals surface area (Å²) < 4.78 is 6.28. The first-order valence-corrected chi connectivity index (χ1v) is 7.33. The fraction of sp³-hybridized carbons (Fsp3) is 0.0625. The van der Waals surface area contributed by atoms with Gasteiger partial charge in [-0.05, 0) is 35.9 Å². The average molecular weight is 302 g/mol. The summed E-state index contributed by atoms with van der Waals surface area (Å²) in [6.45, 7) is 0. The maximum atomic E-state index is 6.36. The van der Waals surface area contributed by atoms with Crippen LogP contribution in [-0.2, 0) is 0 Å². The first-order chi connectivity index (χ1) is 9.76. The second kappa shape index (κ2) is 5.65. The summed E-state index contributed by atoms with van der Waals surface area (Å²) in [5.74, 6) is 0.832. The number of hydrogen-bond acceptors (Lipinski definition) is 3. The number of nitrogens with zero attached hydrogens (tertiary/aromatic N) is 1. The number of para-hydroxylation sites is 1. The van der Waals surface area contributed by atoms with Crippen LogP contribution in [0.1, 0.15) is 10.6 Å². The van der Waals surface area contributed by atoms with E-state index < -0.39 is 0 Å². The van der Waals surface area contributed by atoms with E-state index in [0.29, 0.717) is 5.03 Å². The largest absolute Gasteiger partial charge is 0.497 e. The molecule has 0 radical (unpaired) electrons. The third kappa shape index (κ3) is 2.69. The topological polar surface area (TPSA) is 22.1 Å². The van der Waals surface area contributed by atoms with E-state index in [1.54, 1.807) is 18.4 Å². The molecule has 0 unspecified atom stereocenters. The predicted molar refractivity (Wildman–Crippen MR) is 86.3 cm³/mol. The first-order valence-electron chi connectivity index (χ1n) is 6.13. The normalized spacial score (nSPS) is 11.8. The van der Waals surface area contributed by atoms with E-state index in [4.69, 9.17) is 16.3 Å². The number of rotatable bonds is 3. The molecule has 0 saturated carbocycles. The Morgan fingerprint density at radius 2 is 1.90 bits per heavy atom.